The van der Waals surface area contributed by atoms with Crippen LogP contribution < -0.4 is 15.4 Å². The SMILES string of the molecule is CCNC(=NCc1ccc(OC)c(C(=O)OC)c1)NCC(C)(O)c1cccs1. The summed E-state index contributed by atoms with van der Waals surface area (Å²) in [6.07, 6.45) is 0. The van der Waals surface area contributed by atoms with Gasteiger partial charge in [0.25, 0.3) is 0 Å². The molecule has 28 heavy (non-hydrogen) atoms. The fraction of sp³-hybridized carbons (Fsp3) is 0.400. The van der Waals surface area contributed by atoms with Crippen LogP contribution in [-0.4, -0.2) is 44.3 Å². The number of hydrogen-bond acceptors (Lipinski definition) is 6. The van der Waals surface area contributed by atoms with Gasteiger partial charge in [-0.05, 0) is 43.0 Å². The number of guanidine groups is 1. The molecule has 0 fully saturated rings. The van der Waals surface area contributed by atoms with Crippen LogP contribution >= 0.6 is 11.3 Å². The Bertz CT molecular complexity index is 804. The van der Waals surface area contributed by atoms with E-state index >= 15 is 0 Å². The summed E-state index contributed by atoms with van der Waals surface area (Å²) in [4.78, 5) is 17.3. The second-order valence-corrected chi connectivity index (χ2v) is 7.27. The van der Waals surface area contributed by atoms with E-state index in [0.717, 1.165) is 10.4 Å². The minimum absolute atomic E-state index is 0.315. The van der Waals surface area contributed by atoms with Crippen molar-refractivity contribution < 1.29 is 19.4 Å². The number of hydrogen-bond donors (Lipinski definition) is 3. The highest BCUT2D eigenvalue weighted by molar-refractivity contribution is 7.10. The zero-order chi connectivity index (χ0) is 20.6. The molecule has 1 atom stereocenters. The van der Waals surface area contributed by atoms with Gasteiger partial charge < -0.3 is 25.2 Å². The first-order chi connectivity index (χ1) is 13.4. The minimum atomic E-state index is -0.997. The molecule has 0 aliphatic heterocycles. The summed E-state index contributed by atoms with van der Waals surface area (Å²) in [5.41, 5.74) is 0.197. The lowest BCUT2D eigenvalue weighted by molar-refractivity contribution is 0.0596. The Morgan fingerprint density at radius 2 is 2.07 bits per heavy atom. The minimum Gasteiger partial charge on any atom is -0.496 e. The third-order valence-corrected chi connectivity index (χ3v) is 5.21. The quantitative estimate of drug-likeness (QED) is 0.355. The molecular formula is C20H27N3O4S. The summed E-state index contributed by atoms with van der Waals surface area (Å²) in [5.74, 6) is 0.575. The monoisotopic (exact) mass is 405 g/mol. The van der Waals surface area contributed by atoms with Crippen LogP contribution in [0.2, 0.25) is 0 Å². The van der Waals surface area contributed by atoms with E-state index in [4.69, 9.17) is 9.47 Å². The maximum absolute atomic E-state index is 11.9. The number of methoxy groups -OCH3 is 2. The van der Waals surface area contributed by atoms with Crippen molar-refractivity contribution in [1.29, 1.82) is 0 Å². The van der Waals surface area contributed by atoms with Gasteiger partial charge in [0.05, 0.1) is 27.3 Å². The second-order valence-electron chi connectivity index (χ2n) is 6.33. The number of aliphatic hydroxyl groups is 1. The predicted molar refractivity (Wildman–Crippen MR) is 111 cm³/mol. The largest absolute Gasteiger partial charge is 0.496 e. The van der Waals surface area contributed by atoms with E-state index in [9.17, 15) is 9.90 Å². The number of esters is 1. The van der Waals surface area contributed by atoms with Gasteiger partial charge in [-0.1, -0.05) is 12.1 Å². The number of nitrogens with zero attached hydrogens (tertiary/aromatic N) is 1. The third kappa shape index (κ3) is 5.71. The van der Waals surface area contributed by atoms with Gasteiger partial charge in [0.15, 0.2) is 5.96 Å². The highest BCUT2D eigenvalue weighted by Gasteiger charge is 2.24. The van der Waals surface area contributed by atoms with Crippen LogP contribution in [0.4, 0.5) is 0 Å². The summed E-state index contributed by atoms with van der Waals surface area (Å²) in [6.45, 7) is 5.09. The molecule has 0 spiro atoms. The zero-order valence-corrected chi connectivity index (χ0v) is 17.4. The second kappa shape index (κ2) is 10.1. The van der Waals surface area contributed by atoms with E-state index in [1.165, 1.54) is 25.6 Å². The summed E-state index contributed by atoms with van der Waals surface area (Å²) < 4.78 is 10.0. The summed E-state index contributed by atoms with van der Waals surface area (Å²) in [6, 6.07) is 9.09. The molecule has 0 amide bonds. The number of carbonyl (C=O) groups is 1. The first kappa shape index (κ1) is 21.7. The van der Waals surface area contributed by atoms with Crippen LogP contribution in [0, 0.1) is 0 Å². The third-order valence-electron chi connectivity index (χ3n) is 4.09. The van der Waals surface area contributed by atoms with Crippen molar-refractivity contribution in [3.63, 3.8) is 0 Å². The van der Waals surface area contributed by atoms with Crippen LogP contribution in [0.15, 0.2) is 40.7 Å². The van der Waals surface area contributed by atoms with Gasteiger partial charge in [-0.2, -0.15) is 0 Å². The number of rotatable bonds is 8. The van der Waals surface area contributed by atoms with Crippen molar-refractivity contribution in [3.05, 3.63) is 51.7 Å². The molecule has 1 aromatic carbocycles. The van der Waals surface area contributed by atoms with E-state index < -0.39 is 11.6 Å². The molecule has 1 unspecified atom stereocenters. The molecule has 0 bridgehead atoms. The number of carbonyl (C=O) groups excluding carboxylic acids is 1. The normalized spacial score (nSPS) is 13.5. The zero-order valence-electron chi connectivity index (χ0n) is 16.6. The van der Waals surface area contributed by atoms with E-state index in [2.05, 4.69) is 15.6 Å². The van der Waals surface area contributed by atoms with E-state index in [-0.39, 0.29) is 0 Å². The molecule has 7 nitrogen and oxygen atoms in total. The van der Waals surface area contributed by atoms with Gasteiger partial charge in [-0.25, -0.2) is 9.79 Å². The lowest BCUT2D eigenvalue weighted by Gasteiger charge is -2.23. The molecule has 2 aromatic rings. The predicted octanol–water partition coefficient (Wildman–Crippen LogP) is 2.51. The highest BCUT2D eigenvalue weighted by atomic mass is 32.1. The number of nitrogens with one attached hydrogen (secondary N) is 2. The topological polar surface area (TPSA) is 92.2 Å². The molecule has 0 saturated carbocycles. The summed E-state index contributed by atoms with van der Waals surface area (Å²) >= 11 is 1.51. The van der Waals surface area contributed by atoms with Gasteiger partial charge in [0, 0.05) is 11.4 Å². The first-order valence-electron chi connectivity index (χ1n) is 8.95. The Morgan fingerprint density at radius 3 is 2.68 bits per heavy atom. The van der Waals surface area contributed by atoms with Crippen molar-refractivity contribution in [2.75, 3.05) is 27.3 Å². The molecule has 3 N–H and O–H groups in total. The summed E-state index contributed by atoms with van der Waals surface area (Å²) in [5, 5.41) is 18.9. The Morgan fingerprint density at radius 1 is 1.29 bits per heavy atom. The van der Waals surface area contributed by atoms with Gasteiger partial charge >= 0.3 is 5.97 Å². The number of aliphatic imine (C=N–C) groups is 1. The Hall–Kier alpha value is -2.58. The van der Waals surface area contributed by atoms with Crippen molar-refractivity contribution in [2.24, 2.45) is 4.99 Å². The summed E-state index contributed by atoms with van der Waals surface area (Å²) in [7, 11) is 2.84. The van der Waals surface area contributed by atoms with E-state index in [0.29, 0.717) is 36.9 Å². The number of ether oxygens (including phenoxy) is 2. The molecule has 152 valence electrons. The molecule has 2 rings (SSSR count). The van der Waals surface area contributed by atoms with E-state index in [1.807, 2.05) is 30.5 Å². The molecular weight excluding hydrogens is 378 g/mol. The van der Waals surface area contributed by atoms with Crippen LogP contribution in [0.25, 0.3) is 0 Å². The average molecular weight is 406 g/mol. The van der Waals surface area contributed by atoms with Crippen LogP contribution in [-0.2, 0) is 16.9 Å². The van der Waals surface area contributed by atoms with Gasteiger partial charge in [0.2, 0.25) is 0 Å². The van der Waals surface area contributed by atoms with Gasteiger partial charge in [-0.15, -0.1) is 11.3 Å². The Balaban J connectivity index is 2.11. The number of thiophene rings is 1. The van der Waals surface area contributed by atoms with Crippen molar-refractivity contribution in [3.8, 4) is 5.75 Å². The van der Waals surface area contributed by atoms with Gasteiger partial charge in [-0.3, -0.25) is 0 Å². The van der Waals surface area contributed by atoms with Crippen LogP contribution in [0.5, 0.6) is 5.75 Å². The van der Waals surface area contributed by atoms with Crippen molar-refractivity contribution in [2.45, 2.75) is 26.0 Å². The van der Waals surface area contributed by atoms with Gasteiger partial charge in [0.1, 0.15) is 16.9 Å². The Kier molecular flexibility index (Phi) is 7.83. The molecule has 1 aromatic heterocycles. The first-order valence-corrected chi connectivity index (χ1v) is 9.83. The lowest BCUT2D eigenvalue weighted by Crippen LogP contribution is -2.44. The molecule has 0 saturated heterocycles. The van der Waals surface area contributed by atoms with Crippen molar-refractivity contribution in [1.82, 2.24) is 10.6 Å². The standard InChI is InChI=1S/C20H27N3O4S/c1-5-21-19(23-13-20(2,25)17-7-6-10-28-17)22-12-14-8-9-16(26-3)15(11-14)18(24)27-4/h6-11,25H,5,12-13H2,1-4H3,(H2,21,22,23). The van der Waals surface area contributed by atoms with E-state index in [1.54, 1.807) is 19.1 Å². The molecule has 0 aliphatic rings. The average Bonchev–Trinajstić information content (AvgIpc) is 3.25. The highest BCUT2D eigenvalue weighted by Crippen LogP contribution is 2.24. The lowest BCUT2D eigenvalue weighted by atomic mass is 10.1. The smallest absolute Gasteiger partial charge is 0.341 e. The molecule has 1 heterocycles. The number of benzene rings is 1. The maximum Gasteiger partial charge on any atom is 0.341 e. The molecule has 8 heteroatoms. The Labute approximate surface area is 169 Å². The molecule has 0 aliphatic carbocycles. The fourth-order valence-corrected chi connectivity index (χ4v) is 3.35. The molecule has 0 radical (unpaired) electrons. The van der Waals surface area contributed by atoms with Crippen molar-refractivity contribution >= 4 is 23.3 Å². The van der Waals surface area contributed by atoms with Crippen LogP contribution in [0.3, 0.4) is 0 Å². The fourth-order valence-electron chi connectivity index (χ4n) is 2.56. The maximum atomic E-state index is 11.9. The van der Waals surface area contributed by atoms with Crippen LogP contribution in [0.1, 0.15) is 34.6 Å².